The lowest BCUT2D eigenvalue weighted by Gasteiger charge is -2.11. The summed E-state index contributed by atoms with van der Waals surface area (Å²) in [6, 6.07) is 4.66. The molecule has 0 heterocycles. The Kier molecular flexibility index (Phi) is 3.15. The fraction of sp³-hybridized carbons (Fsp3) is 0.364. The van der Waals surface area contributed by atoms with E-state index in [2.05, 4.69) is 0 Å². The molecule has 2 rings (SSSR count). The zero-order valence-corrected chi connectivity index (χ0v) is 10.4. The fourth-order valence-electron chi connectivity index (χ4n) is 1.61. The van der Waals surface area contributed by atoms with Crippen LogP contribution in [0.25, 0.3) is 0 Å². The second-order valence-electron chi connectivity index (χ2n) is 4.27. The molecule has 1 aromatic rings. The van der Waals surface area contributed by atoms with Crippen molar-refractivity contribution in [3.8, 4) is 11.8 Å². The van der Waals surface area contributed by atoms with E-state index in [9.17, 15) is 8.42 Å². The molecule has 6 nitrogen and oxygen atoms in total. The molecule has 96 valence electrons. The Labute approximate surface area is 105 Å². The van der Waals surface area contributed by atoms with Crippen LogP contribution in [0.15, 0.2) is 17.0 Å². The third kappa shape index (κ3) is 2.55. The Hall–Kier alpha value is -1.78. The predicted molar refractivity (Wildman–Crippen MR) is 65.2 cm³/mol. The monoisotopic (exact) mass is 267 g/mol. The first-order valence-corrected chi connectivity index (χ1v) is 6.96. The minimum Gasteiger partial charge on any atom is -0.492 e. The Balaban J connectivity index is 2.44. The van der Waals surface area contributed by atoms with Crippen molar-refractivity contribution in [2.45, 2.75) is 17.7 Å². The van der Waals surface area contributed by atoms with Crippen LogP contribution in [0.3, 0.4) is 0 Å². The maximum atomic E-state index is 11.4. The van der Waals surface area contributed by atoms with Gasteiger partial charge in [0.25, 0.3) is 0 Å². The topological polar surface area (TPSA) is 119 Å². The van der Waals surface area contributed by atoms with Crippen molar-refractivity contribution in [3.63, 3.8) is 0 Å². The zero-order chi connectivity index (χ0) is 13.3. The predicted octanol–water partition coefficient (Wildman–Crippen LogP) is 0.577. The smallest absolute Gasteiger partial charge is 0.241 e. The number of hydrogen-bond donors (Lipinski definition) is 2. The van der Waals surface area contributed by atoms with Gasteiger partial charge in [-0.15, -0.1) is 0 Å². The number of nitriles is 1. The molecule has 0 unspecified atom stereocenters. The number of nitrogen functional groups attached to an aromatic ring is 1. The van der Waals surface area contributed by atoms with Crippen LogP contribution in [0.4, 0.5) is 5.69 Å². The highest BCUT2D eigenvalue weighted by atomic mass is 32.2. The number of nitrogens with two attached hydrogens (primary N) is 2. The van der Waals surface area contributed by atoms with E-state index in [1.165, 1.54) is 12.1 Å². The molecule has 0 bridgehead atoms. The van der Waals surface area contributed by atoms with Gasteiger partial charge in [0, 0.05) is 0 Å². The number of hydrogen-bond acceptors (Lipinski definition) is 5. The molecule has 0 amide bonds. The molecule has 0 spiro atoms. The summed E-state index contributed by atoms with van der Waals surface area (Å²) in [6.45, 7) is 0.475. The first-order valence-electron chi connectivity index (χ1n) is 5.41. The number of nitrogens with zero attached hydrogens (tertiary/aromatic N) is 1. The molecule has 18 heavy (non-hydrogen) atoms. The van der Waals surface area contributed by atoms with Crippen LogP contribution in [0.2, 0.25) is 0 Å². The Morgan fingerprint density at radius 1 is 1.44 bits per heavy atom. The van der Waals surface area contributed by atoms with Gasteiger partial charge in [0.05, 0.1) is 12.3 Å². The van der Waals surface area contributed by atoms with E-state index in [0.29, 0.717) is 12.5 Å². The Bertz CT molecular complexity index is 615. The maximum absolute atomic E-state index is 11.4. The summed E-state index contributed by atoms with van der Waals surface area (Å²) in [6.07, 6.45) is 2.19. The average molecular weight is 267 g/mol. The lowest BCUT2D eigenvalue weighted by atomic mass is 10.2. The number of primary sulfonamides is 1. The molecule has 1 saturated carbocycles. The first-order chi connectivity index (χ1) is 8.43. The van der Waals surface area contributed by atoms with Crippen molar-refractivity contribution in [1.29, 1.82) is 5.26 Å². The van der Waals surface area contributed by atoms with Gasteiger partial charge in [0.15, 0.2) is 0 Å². The first kappa shape index (κ1) is 12.7. The summed E-state index contributed by atoms with van der Waals surface area (Å²) < 4.78 is 28.3. The van der Waals surface area contributed by atoms with Gasteiger partial charge in [0.2, 0.25) is 10.0 Å². The largest absolute Gasteiger partial charge is 0.492 e. The van der Waals surface area contributed by atoms with Gasteiger partial charge in [-0.05, 0) is 30.9 Å². The summed E-state index contributed by atoms with van der Waals surface area (Å²) in [4.78, 5) is -0.363. The van der Waals surface area contributed by atoms with E-state index in [-0.39, 0.29) is 21.9 Å². The van der Waals surface area contributed by atoms with Crippen LogP contribution in [0, 0.1) is 17.2 Å². The van der Waals surface area contributed by atoms with Gasteiger partial charge in [-0.1, -0.05) is 0 Å². The minimum absolute atomic E-state index is 0.0483. The SMILES string of the molecule is N#Cc1c(OCC2CC2)ccc(N)c1S(N)(=O)=O. The van der Waals surface area contributed by atoms with Crippen LogP contribution >= 0.6 is 0 Å². The van der Waals surface area contributed by atoms with Gasteiger partial charge >= 0.3 is 0 Å². The molecular formula is C11H13N3O3S. The molecular weight excluding hydrogens is 254 g/mol. The molecule has 0 saturated heterocycles. The number of rotatable bonds is 4. The van der Waals surface area contributed by atoms with Crippen LogP contribution in [0.5, 0.6) is 5.75 Å². The van der Waals surface area contributed by atoms with Crippen LogP contribution in [-0.2, 0) is 10.0 Å². The van der Waals surface area contributed by atoms with Crippen molar-refractivity contribution in [2.75, 3.05) is 12.3 Å². The summed E-state index contributed by atoms with van der Waals surface area (Å²) in [7, 11) is -4.05. The van der Waals surface area contributed by atoms with E-state index in [1.54, 1.807) is 6.07 Å². The lowest BCUT2D eigenvalue weighted by molar-refractivity contribution is 0.298. The van der Waals surface area contributed by atoms with Crippen LogP contribution in [-0.4, -0.2) is 15.0 Å². The van der Waals surface area contributed by atoms with E-state index in [4.69, 9.17) is 20.9 Å². The molecule has 4 N–H and O–H groups in total. The van der Waals surface area contributed by atoms with Gasteiger partial charge in [-0.2, -0.15) is 5.26 Å². The van der Waals surface area contributed by atoms with Crippen molar-refractivity contribution >= 4 is 15.7 Å². The maximum Gasteiger partial charge on any atom is 0.241 e. The third-order valence-corrected chi connectivity index (χ3v) is 3.73. The normalized spacial score (nSPS) is 15.1. The highest BCUT2D eigenvalue weighted by molar-refractivity contribution is 7.89. The highest BCUT2D eigenvalue weighted by Gasteiger charge is 2.25. The number of anilines is 1. The quantitative estimate of drug-likeness (QED) is 0.773. The number of benzene rings is 1. The summed E-state index contributed by atoms with van der Waals surface area (Å²) in [5.41, 5.74) is 5.38. The zero-order valence-electron chi connectivity index (χ0n) is 9.59. The van der Waals surface area contributed by atoms with Crippen LogP contribution in [0.1, 0.15) is 18.4 Å². The molecule has 0 atom stereocenters. The van der Waals surface area contributed by atoms with Crippen molar-refractivity contribution in [2.24, 2.45) is 11.1 Å². The average Bonchev–Trinajstić information content (AvgIpc) is 3.08. The lowest BCUT2D eigenvalue weighted by Crippen LogP contribution is -2.17. The fourth-order valence-corrected chi connectivity index (χ4v) is 2.43. The molecule has 0 aliphatic heterocycles. The van der Waals surface area contributed by atoms with Crippen molar-refractivity contribution in [3.05, 3.63) is 17.7 Å². The number of sulfonamides is 1. The standard InChI is InChI=1S/C11H13N3O3S/c12-5-8-10(17-6-7-1-2-7)4-3-9(13)11(8)18(14,15)16/h3-4,7H,1-2,6,13H2,(H2,14,15,16). The van der Waals surface area contributed by atoms with E-state index < -0.39 is 10.0 Å². The second kappa shape index (κ2) is 4.48. The van der Waals surface area contributed by atoms with E-state index in [1.807, 2.05) is 0 Å². The number of ether oxygens (including phenoxy) is 1. The van der Waals surface area contributed by atoms with Gasteiger partial charge in [0.1, 0.15) is 22.3 Å². The Morgan fingerprint density at radius 3 is 2.61 bits per heavy atom. The Morgan fingerprint density at radius 2 is 2.11 bits per heavy atom. The molecule has 1 aromatic carbocycles. The summed E-state index contributed by atoms with van der Waals surface area (Å²) in [5.74, 6) is 0.703. The van der Waals surface area contributed by atoms with Crippen molar-refractivity contribution < 1.29 is 13.2 Å². The van der Waals surface area contributed by atoms with Gasteiger partial charge < -0.3 is 10.5 Å². The second-order valence-corrected chi connectivity index (χ2v) is 5.77. The van der Waals surface area contributed by atoms with Crippen LogP contribution < -0.4 is 15.6 Å². The molecule has 1 aliphatic carbocycles. The van der Waals surface area contributed by atoms with Crippen molar-refractivity contribution in [1.82, 2.24) is 0 Å². The van der Waals surface area contributed by atoms with Gasteiger partial charge in [-0.25, -0.2) is 13.6 Å². The molecule has 7 heteroatoms. The van der Waals surface area contributed by atoms with E-state index >= 15 is 0 Å². The van der Waals surface area contributed by atoms with Gasteiger partial charge in [-0.3, -0.25) is 0 Å². The molecule has 0 radical (unpaired) electrons. The minimum atomic E-state index is -4.05. The summed E-state index contributed by atoms with van der Waals surface area (Å²) >= 11 is 0. The third-order valence-electron chi connectivity index (χ3n) is 2.72. The molecule has 0 aromatic heterocycles. The molecule has 1 fully saturated rings. The summed E-state index contributed by atoms with van der Waals surface area (Å²) in [5, 5.41) is 14.1. The highest BCUT2D eigenvalue weighted by Crippen LogP contribution is 2.33. The van der Waals surface area contributed by atoms with E-state index in [0.717, 1.165) is 12.8 Å². The molecule has 1 aliphatic rings.